The standard InChI is InChI=1S/C14H20N2O3/c1-3-9-15(10-4-2)11-14(17)12-5-7-13(8-6-12)16(18)19/h5-8H,3-4,9-11H2,1-2H3. The number of carbonyl (C=O) groups excluding carboxylic acids is 1. The van der Waals surface area contributed by atoms with E-state index in [0.717, 1.165) is 25.9 Å². The van der Waals surface area contributed by atoms with Crippen molar-refractivity contribution >= 4 is 11.5 Å². The van der Waals surface area contributed by atoms with Crippen LogP contribution >= 0.6 is 0 Å². The van der Waals surface area contributed by atoms with Crippen molar-refractivity contribution in [1.29, 1.82) is 0 Å². The topological polar surface area (TPSA) is 63.5 Å². The molecule has 0 saturated carbocycles. The summed E-state index contributed by atoms with van der Waals surface area (Å²) in [6, 6.07) is 5.79. The lowest BCUT2D eigenvalue weighted by Crippen LogP contribution is -2.31. The number of non-ortho nitro benzene ring substituents is 1. The molecule has 0 amide bonds. The zero-order valence-electron chi connectivity index (χ0n) is 11.5. The molecular weight excluding hydrogens is 244 g/mol. The molecule has 5 nitrogen and oxygen atoms in total. The SMILES string of the molecule is CCCN(CCC)CC(=O)c1ccc([N+](=O)[O-])cc1. The van der Waals surface area contributed by atoms with Gasteiger partial charge in [-0.15, -0.1) is 0 Å². The van der Waals surface area contributed by atoms with Gasteiger partial charge in [-0.25, -0.2) is 0 Å². The maximum Gasteiger partial charge on any atom is 0.269 e. The largest absolute Gasteiger partial charge is 0.296 e. The van der Waals surface area contributed by atoms with E-state index in [2.05, 4.69) is 18.7 Å². The molecule has 0 spiro atoms. The Hall–Kier alpha value is -1.75. The predicted octanol–water partition coefficient (Wildman–Crippen LogP) is 2.90. The highest BCUT2D eigenvalue weighted by Gasteiger charge is 2.13. The van der Waals surface area contributed by atoms with Crippen LogP contribution in [-0.2, 0) is 0 Å². The van der Waals surface area contributed by atoms with E-state index < -0.39 is 4.92 Å². The maximum absolute atomic E-state index is 12.1. The van der Waals surface area contributed by atoms with E-state index in [1.54, 1.807) is 0 Å². The Morgan fingerprint density at radius 1 is 1.16 bits per heavy atom. The van der Waals surface area contributed by atoms with Gasteiger partial charge in [0, 0.05) is 17.7 Å². The quantitative estimate of drug-likeness (QED) is 0.411. The van der Waals surface area contributed by atoms with Crippen LogP contribution in [0.4, 0.5) is 5.69 Å². The summed E-state index contributed by atoms with van der Waals surface area (Å²) in [5, 5.41) is 10.5. The van der Waals surface area contributed by atoms with Crippen LogP contribution in [0.1, 0.15) is 37.0 Å². The Balaban J connectivity index is 2.68. The average Bonchev–Trinajstić information content (AvgIpc) is 2.39. The lowest BCUT2D eigenvalue weighted by Gasteiger charge is -2.19. The van der Waals surface area contributed by atoms with Gasteiger partial charge in [-0.2, -0.15) is 0 Å². The number of nitrogens with zero attached hydrogens (tertiary/aromatic N) is 2. The van der Waals surface area contributed by atoms with Gasteiger partial charge >= 0.3 is 0 Å². The second kappa shape index (κ2) is 7.63. The number of rotatable bonds is 8. The van der Waals surface area contributed by atoms with Crippen molar-refractivity contribution in [2.75, 3.05) is 19.6 Å². The Morgan fingerprint density at radius 3 is 2.11 bits per heavy atom. The molecule has 5 heteroatoms. The van der Waals surface area contributed by atoms with E-state index in [1.807, 2.05) is 0 Å². The molecule has 1 aromatic rings. The summed E-state index contributed by atoms with van der Waals surface area (Å²) in [5.41, 5.74) is 0.540. The van der Waals surface area contributed by atoms with Crippen molar-refractivity contribution in [3.63, 3.8) is 0 Å². The van der Waals surface area contributed by atoms with E-state index in [1.165, 1.54) is 24.3 Å². The van der Waals surface area contributed by atoms with Crippen LogP contribution in [0.25, 0.3) is 0 Å². The molecular formula is C14H20N2O3. The summed E-state index contributed by atoms with van der Waals surface area (Å²) < 4.78 is 0. The predicted molar refractivity (Wildman–Crippen MR) is 74.4 cm³/mol. The first-order valence-electron chi connectivity index (χ1n) is 6.58. The van der Waals surface area contributed by atoms with Crippen molar-refractivity contribution < 1.29 is 9.72 Å². The molecule has 0 radical (unpaired) electrons. The minimum Gasteiger partial charge on any atom is -0.296 e. The van der Waals surface area contributed by atoms with Gasteiger partial charge in [0.15, 0.2) is 5.78 Å². The fourth-order valence-corrected chi connectivity index (χ4v) is 1.97. The molecule has 0 aliphatic rings. The number of hydrogen-bond acceptors (Lipinski definition) is 4. The third-order valence-electron chi connectivity index (χ3n) is 2.85. The third kappa shape index (κ3) is 4.79. The van der Waals surface area contributed by atoms with Gasteiger partial charge in [-0.1, -0.05) is 13.8 Å². The zero-order valence-corrected chi connectivity index (χ0v) is 11.5. The van der Waals surface area contributed by atoms with E-state index in [0.29, 0.717) is 12.1 Å². The summed E-state index contributed by atoms with van der Waals surface area (Å²) in [6.07, 6.45) is 2.01. The number of nitro groups is 1. The van der Waals surface area contributed by atoms with Crippen LogP contribution < -0.4 is 0 Å². The van der Waals surface area contributed by atoms with Gasteiger partial charge in [0.25, 0.3) is 5.69 Å². The molecule has 0 saturated heterocycles. The smallest absolute Gasteiger partial charge is 0.269 e. The second-order valence-corrected chi connectivity index (χ2v) is 4.50. The molecule has 0 atom stereocenters. The summed E-state index contributed by atoms with van der Waals surface area (Å²) in [5.74, 6) is 0.0109. The molecule has 0 aliphatic carbocycles. The normalized spacial score (nSPS) is 10.7. The lowest BCUT2D eigenvalue weighted by atomic mass is 10.1. The molecule has 0 aliphatic heterocycles. The highest BCUT2D eigenvalue weighted by atomic mass is 16.6. The number of benzene rings is 1. The lowest BCUT2D eigenvalue weighted by molar-refractivity contribution is -0.384. The first-order chi connectivity index (χ1) is 9.08. The van der Waals surface area contributed by atoms with Crippen LogP contribution in [0.15, 0.2) is 24.3 Å². The van der Waals surface area contributed by atoms with Crippen molar-refractivity contribution in [1.82, 2.24) is 4.90 Å². The zero-order chi connectivity index (χ0) is 14.3. The Bertz CT molecular complexity index is 423. The van der Waals surface area contributed by atoms with Crippen molar-refractivity contribution in [3.8, 4) is 0 Å². The van der Waals surface area contributed by atoms with E-state index in [4.69, 9.17) is 0 Å². The van der Waals surface area contributed by atoms with Gasteiger partial charge in [0.2, 0.25) is 0 Å². The number of hydrogen-bond donors (Lipinski definition) is 0. The van der Waals surface area contributed by atoms with Gasteiger partial charge in [0.1, 0.15) is 0 Å². The fraction of sp³-hybridized carbons (Fsp3) is 0.500. The van der Waals surface area contributed by atoms with Crippen LogP contribution in [0.2, 0.25) is 0 Å². The van der Waals surface area contributed by atoms with Crippen molar-refractivity contribution in [2.24, 2.45) is 0 Å². The molecule has 1 aromatic carbocycles. The summed E-state index contributed by atoms with van der Waals surface area (Å²) in [6.45, 7) is 6.33. The number of Topliss-reactive ketones (excluding diaryl/α,β-unsaturated/α-hetero) is 1. The van der Waals surface area contributed by atoms with Gasteiger partial charge < -0.3 is 0 Å². The van der Waals surface area contributed by atoms with Crippen molar-refractivity contribution in [3.05, 3.63) is 39.9 Å². The molecule has 0 bridgehead atoms. The van der Waals surface area contributed by atoms with Gasteiger partial charge in [0.05, 0.1) is 11.5 Å². The Labute approximate surface area is 113 Å². The molecule has 0 unspecified atom stereocenters. The van der Waals surface area contributed by atoms with Gasteiger partial charge in [-0.05, 0) is 38.1 Å². The van der Waals surface area contributed by atoms with E-state index in [-0.39, 0.29) is 11.5 Å². The number of ketones is 1. The number of carbonyl (C=O) groups is 1. The number of nitro benzene ring substituents is 1. The molecule has 0 heterocycles. The highest BCUT2D eigenvalue weighted by Crippen LogP contribution is 2.12. The highest BCUT2D eigenvalue weighted by molar-refractivity contribution is 5.97. The van der Waals surface area contributed by atoms with Crippen LogP contribution in [0.5, 0.6) is 0 Å². The van der Waals surface area contributed by atoms with Gasteiger partial charge in [-0.3, -0.25) is 19.8 Å². The van der Waals surface area contributed by atoms with E-state index >= 15 is 0 Å². The molecule has 0 fully saturated rings. The van der Waals surface area contributed by atoms with E-state index in [9.17, 15) is 14.9 Å². The molecule has 0 aromatic heterocycles. The maximum atomic E-state index is 12.1. The van der Waals surface area contributed by atoms with Crippen LogP contribution in [-0.4, -0.2) is 35.2 Å². The third-order valence-corrected chi connectivity index (χ3v) is 2.85. The molecule has 19 heavy (non-hydrogen) atoms. The fourth-order valence-electron chi connectivity index (χ4n) is 1.97. The summed E-state index contributed by atoms with van der Waals surface area (Å²) >= 11 is 0. The average molecular weight is 264 g/mol. The van der Waals surface area contributed by atoms with Crippen LogP contribution in [0, 0.1) is 10.1 Å². The minimum absolute atomic E-state index is 0.00974. The summed E-state index contributed by atoms with van der Waals surface area (Å²) in [7, 11) is 0. The minimum atomic E-state index is -0.464. The first kappa shape index (κ1) is 15.3. The summed E-state index contributed by atoms with van der Waals surface area (Å²) in [4.78, 5) is 24.3. The monoisotopic (exact) mass is 264 g/mol. The van der Waals surface area contributed by atoms with Crippen molar-refractivity contribution in [2.45, 2.75) is 26.7 Å². The molecule has 1 rings (SSSR count). The first-order valence-corrected chi connectivity index (χ1v) is 6.58. The molecule has 104 valence electrons. The Morgan fingerprint density at radius 2 is 1.68 bits per heavy atom. The second-order valence-electron chi connectivity index (χ2n) is 4.50. The van der Waals surface area contributed by atoms with Crippen LogP contribution in [0.3, 0.4) is 0 Å². The Kier molecular flexibility index (Phi) is 6.15. The molecule has 0 N–H and O–H groups in total.